The molecule has 0 saturated carbocycles. The number of halogens is 2. The van der Waals surface area contributed by atoms with Crippen LogP contribution >= 0.6 is 11.6 Å². The first-order valence-electron chi connectivity index (χ1n) is 13.3. The standard InChI is InChI=1S/C30H35ClFN3O5S/c1-5-21(3)33-30(37)22(4)34(19-23-9-7-8-10-28(23)31)29(36)20-35(25-13-15-26(16-14-25)40-6-2)41(38,39)27-17-11-24(32)12-18-27/h7-18,21-22H,5-6,19-20H2,1-4H3,(H,33,37)/t21-,22+/m0/s1. The van der Waals surface area contributed by atoms with Crippen LogP contribution in [-0.4, -0.2) is 50.4 Å². The van der Waals surface area contributed by atoms with E-state index in [2.05, 4.69) is 5.32 Å². The summed E-state index contributed by atoms with van der Waals surface area (Å²) in [7, 11) is -4.32. The molecule has 0 fully saturated rings. The van der Waals surface area contributed by atoms with Gasteiger partial charge in [-0.3, -0.25) is 13.9 Å². The average molecular weight is 604 g/mol. The summed E-state index contributed by atoms with van der Waals surface area (Å²) in [6, 6.07) is 16.5. The summed E-state index contributed by atoms with van der Waals surface area (Å²) in [5, 5.41) is 3.29. The van der Waals surface area contributed by atoms with Crippen LogP contribution in [0.25, 0.3) is 0 Å². The topological polar surface area (TPSA) is 96.0 Å². The minimum absolute atomic E-state index is 0.0265. The monoisotopic (exact) mass is 603 g/mol. The molecule has 0 aliphatic rings. The summed E-state index contributed by atoms with van der Waals surface area (Å²) < 4.78 is 47.7. The number of sulfonamides is 1. The predicted molar refractivity (Wildman–Crippen MR) is 158 cm³/mol. The number of amides is 2. The quantitative estimate of drug-likeness (QED) is 0.282. The van der Waals surface area contributed by atoms with Gasteiger partial charge in [-0.25, -0.2) is 12.8 Å². The van der Waals surface area contributed by atoms with Crippen molar-refractivity contribution in [2.24, 2.45) is 0 Å². The van der Waals surface area contributed by atoms with Gasteiger partial charge in [0.2, 0.25) is 11.8 Å². The van der Waals surface area contributed by atoms with Crippen LogP contribution in [0, 0.1) is 5.82 Å². The molecular weight excluding hydrogens is 569 g/mol. The van der Waals surface area contributed by atoms with E-state index in [1.807, 2.05) is 20.8 Å². The highest BCUT2D eigenvalue weighted by Crippen LogP contribution is 2.27. The number of rotatable bonds is 13. The Labute approximate surface area is 246 Å². The van der Waals surface area contributed by atoms with Crippen molar-refractivity contribution in [3.63, 3.8) is 0 Å². The molecule has 0 radical (unpaired) electrons. The summed E-state index contributed by atoms with van der Waals surface area (Å²) in [5.41, 5.74) is 0.792. The Morgan fingerprint density at radius 1 is 0.976 bits per heavy atom. The highest BCUT2D eigenvalue weighted by molar-refractivity contribution is 7.92. The summed E-state index contributed by atoms with van der Waals surface area (Å²) in [6.07, 6.45) is 0.693. The van der Waals surface area contributed by atoms with Gasteiger partial charge in [-0.15, -0.1) is 0 Å². The zero-order valence-electron chi connectivity index (χ0n) is 23.5. The van der Waals surface area contributed by atoms with Gasteiger partial charge in [0.25, 0.3) is 10.0 Å². The largest absolute Gasteiger partial charge is 0.494 e. The molecule has 0 aromatic heterocycles. The smallest absolute Gasteiger partial charge is 0.264 e. The van der Waals surface area contributed by atoms with Crippen LogP contribution < -0.4 is 14.4 Å². The van der Waals surface area contributed by atoms with Crippen LogP contribution in [0.2, 0.25) is 5.02 Å². The van der Waals surface area contributed by atoms with Crippen LogP contribution in [0.5, 0.6) is 5.75 Å². The minimum atomic E-state index is -4.32. The van der Waals surface area contributed by atoms with Crippen LogP contribution in [0.15, 0.2) is 77.7 Å². The SMILES string of the molecule is CCOc1ccc(N(CC(=O)N(Cc2ccccc2Cl)[C@H](C)C(=O)N[C@@H](C)CC)S(=O)(=O)c2ccc(F)cc2)cc1. The lowest BCUT2D eigenvalue weighted by atomic mass is 10.1. The molecule has 3 aromatic rings. The van der Waals surface area contributed by atoms with E-state index in [0.717, 1.165) is 28.6 Å². The van der Waals surface area contributed by atoms with Crippen LogP contribution in [0.4, 0.5) is 10.1 Å². The molecule has 3 aromatic carbocycles. The van der Waals surface area contributed by atoms with Crippen molar-refractivity contribution in [1.82, 2.24) is 10.2 Å². The van der Waals surface area contributed by atoms with E-state index < -0.39 is 34.3 Å². The lowest BCUT2D eigenvalue weighted by molar-refractivity contribution is -0.139. The fraction of sp³-hybridized carbons (Fsp3) is 0.333. The molecule has 2 atom stereocenters. The molecule has 0 heterocycles. The molecule has 11 heteroatoms. The Morgan fingerprint density at radius 3 is 2.20 bits per heavy atom. The Morgan fingerprint density at radius 2 is 1.61 bits per heavy atom. The van der Waals surface area contributed by atoms with Gasteiger partial charge >= 0.3 is 0 Å². The van der Waals surface area contributed by atoms with Crippen molar-refractivity contribution in [1.29, 1.82) is 0 Å². The second-order valence-electron chi connectivity index (χ2n) is 9.50. The number of hydrogen-bond acceptors (Lipinski definition) is 5. The molecule has 2 amide bonds. The molecule has 0 aliphatic heterocycles. The molecule has 0 bridgehead atoms. The fourth-order valence-corrected chi connectivity index (χ4v) is 5.61. The number of hydrogen-bond donors (Lipinski definition) is 1. The number of nitrogens with zero attached hydrogens (tertiary/aromatic N) is 2. The first-order valence-corrected chi connectivity index (χ1v) is 15.1. The maximum absolute atomic E-state index is 14.0. The Bertz CT molecular complexity index is 1440. The van der Waals surface area contributed by atoms with Gasteiger partial charge in [0.05, 0.1) is 17.2 Å². The molecule has 0 saturated heterocycles. The number of carbonyl (C=O) groups excluding carboxylic acids is 2. The molecule has 0 spiro atoms. The first kappa shape index (κ1) is 31.9. The third-order valence-corrected chi connectivity index (χ3v) is 8.74. The van der Waals surface area contributed by atoms with E-state index in [9.17, 15) is 22.4 Å². The zero-order chi connectivity index (χ0) is 30.2. The normalized spacial score (nSPS) is 12.7. The van der Waals surface area contributed by atoms with Crippen molar-refractivity contribution in [3.8, 4) is 5.75 Å². The van der Waals surface area contributed by atoms with Crippen molar-refractivity contribution in [3.05, 3.63) is 89.2 Å². The summed E-state index contributed by atoms with van der Waals surface area (Å²) in [4.78, 5) is 28.2. The first-order chi connectivity index (χ1) is 19.5. The summed E-state index contributed by atoms with van der Waals surface area (Å²) >= 11 is 6.38. The zero-order valence-corrected chi connectivity index (χ0v) is 25.1. The second kappa shape index (κ2) is 14.3. The molecule has 3 rings (SSSR count). The van der Waals surface area contributed by atoms with Crippen molar-refractivity contribution in [2.75, 3.05) is 17.5 Å². The molecule has 41 heavy (non-hydrogen) atoms. The van der Waals surface area contributed by atoms with Gasteiger partial charge in [0.15, 0.2) is 0 Å². The van der Waals surface area contributed by atoms with E-state index in [1.54, 1.807) is 43.3 Å². The number of benzene rings is 3. The predicted octanol–water partition coefficient (Wildman–Crippen LogP) is 5.41. The molecule has 1 N–H and O–H groups in total. The van der Waals surface area contributed by atoms with Gasteiger partial charge in [-0.1, -0.05) is 36.7 Å². The summed E-state index contributed by atoms with van der Waals surface area (Å²) in [6.45, 7) is 6.96. The van der Waals surface area contributed by atoms with E-state index in [0.29, 0.717) is 29.4 Å². The molecular formula is C30H35ClFN3O5S. The highest BCUT2D eigenvalue weighted by atomic mass is 35.5. The number of nitrogens with one attached hydrogen (secondary N) is 1. The van der Waals surface area contributed by atoms with Gasteiger partial charge < -0.3 is 15.0 Å². The minimum Gasteiger partial charge on any atom is -0.494 e. The Balaban J connectivity index is 2.04. The van der Waals surface area contributed by atoms with Crippen molar-refractivity contribution in [2.45, 2.75) is 57.6 Å². The molecule has 220 valence electrons. The number of ether oxygens (including phenoxy) is 1. The molecule has 0 aliphatic carbocycles. The van der Waals surface area contributed by atoms with E-state index >= 15 is 0 Å². The fourth-order valence-electron chi connectivity index (χ4n) is 4.00. The van der Waals surface area contributed by atoms with E-state index in [-0.39, 0.29) is 29.1 Å². The lowest BCUT2D eigenvalue weighted by Crippen LogP contribution is -2.52. The van der Waals surface area contributed by atoms with Crippen molar-refractivity contribution >= 4 is 39.1 Å². The highest BCUT2D eigenvalue weighted by Gasteiger charge is 2.33. The van der Waals surface area contributed by atoms with Gasteiger partial charge in [0.1, 0.15) is 24.2 Å². The number of carbonyl (C=O) groups is 2. The molecule has 0 unspecified atom stereocenters. The van der Waals surface area contributed by atoms with E-state index in [1.165, 1.54) is 17.0 Å². The van der Waals surface area contributed by atoms with Gasteiger partial charge in [-0.2, -0.15) is 0 Å². The van der Waals surface area contributed by atoms with Crippen LogP contribution in [0.1, 0.15) is 39.7 Å². The maximum atomic E-state index is 14.0. The average Bonchev–Trinajstić information content (AvgIpc) is 2.95. The second-order valence-corrected chi connectivity index (χ2v) is 11.8. The van der Waals surface area contributed by atoms with Gasteiger partial charge in [-0.05, 0) is 87.4 Å². The van der Waals surface area contributed by atoms with Gasteiger partial charge in [0, 0.05) is 17.6 Å². The number of anilines is 1. The van der Waals surface area contributed by atoms with Crippen LogP contribution in [-0.2, 0) is 26.2 Å². The maximum Gasteiger partial charge on any atom is 0.264 e. The third kappa shape index (κ3) is 8.20. The van der Waals surface area contributed by atoms with Crippen molar-refractivity contribution < 1.29 is 27.1 Å². The summed E-state index contributed by atoms with van der Waals surface area (Å²) in [5.74, 6) is -1.08. The Kier molecular flexibility index (Phi) is 11.1. The van der Waals surface area contributed by atoms with Crippen LogP contribution in [0.3, 0.4) is 0 Å². The van der Waals surface area contributed by atoms with E-state index in [4.69, 9.17) is 16.3 Å². The third-order valence-electron chi connectivity index (χ3n) is 6.58. The molecule has 8 nitrogen and oxygen atoms in total. The Hall–Kier alpha value is -3.63. The lowest BCUT2D eigenvalue weighted by Gasteiger charge is -2.32.